The van der Waals surface area contributed by atoms with Crippen LogP contribution in [-0.2, 0) is 6.61 Å². The maximum absolute atomic E-state index is 13.0. The predicted molar refractivity (Wildman–Crippen MR) is 124 cm³/mol. The monoisotopic (exact) mass is 436 g/mol. The zero-order valence-electron chi connectivity index (χ0n) is 18.4. The van der Waals surface area contributed by atoms with Crippen molar-refractivity contribution < 1.29 is 28.8 Å². The third kappa shape index (κ3) is 5.39. The molecule has 0 aliphatic carbocycles. The summed E-state index contributed by atoms with van der Waals surface area (Å²) in [4.78, 5) is 13.0. The first kappa shape index (κ1) is 23.2. The molecular formula is C26H28O6. The van der Waals surface area contributed by atoms with Gasteiger partial charge in [0, 0.05) is 11.6 Å². The van der Waals surface area contributed by atoms with Gasteiger partial charge in [-0.2, -0.15) is 0 Å². The molecule has 0 bridgehead atoms. The minimum absolute atomic E-state index is 0.225. The van der Waals surface area contributed by atoms with E-state index in [4.69, 9.17) is 18.9 Å². The summed E-state index contributed by atoms with van der Waals surface area (Å²) in [5, 5.41) is 9.77. The average Bonchev–Trinajstić information content (AvgIpc) is 2.78. The Kier molecular flexibility index (Phi) is 7.38. The second-order valence-corrected chi connectivity index (χ2v) is 7.73. The van der Waals surface area contributed by atoms with Gasteiger partial charge < -0.3 is 24.1 Å². The minimum Gasteiger partial charge on any atom is -0.489 e. The van der Waals surface area contributed by atoms with Crippen LogP contribution in [0.15, 0.2) is 61.7 Å². The largest absolute Gasteiger partial charge is 0.489 e. The molecule has 6 heteroatoms. The van der Waals surface area contributed by atoms with Gasteiger partial charge in [-0.25, -0.2) is 0 Å². The molecule has 0 unspecified atom stereocenters. The SMILES string of the molecule is C=CCOc1ccc(C(=O)COc2c(CO)ccc3c2C=CC(C)(C)O3)c(OCC=C)c1. The van der Waals surface area contributed by atoms with Crippen molar-refractivity contribution in [1.82, 2.24) is 0 Å². The molecule has 2 aromatic rings. The Labute approximate surface area is 188 Å². The van der Waals surface area contributed by atoms with Gasteiger partial charge in [-0.05, 0) is 50.3 Å². The van der Waals surface area contributed by atoms with E-state index >= 15 is 0 Å². The molecule has 3 rings (SSSR count). The predicted octanol–water partition coefficient (Wildman–Crippen LogP) is 4.75. The molecular weight excluding hydrogens is 408 g/mol. The smallest absolute Gasteiger partial charge is 0.203 e. The number of ether oxygens (including phenoxy) is 4. The highest BCUT2D eigenvalue weighted by Crippen LogP contribution is 2.39. The summed E-state index contributed by atoms with van der Waals surface area (Å²) >= 11 is 0. The third-order valence-electron chi connectivity index (χ3n) is 4.76. The minimum atomic E-state index is -0.451. The molecule has 32 heavy (non-hydrogen) atoms. The molecule has 1 N–H and O–H groups in total. The van der Waals surface area contributed by atoms with Gasteiger partial charge >= 0.3 is 0 Å². The Morgan fingerprint density at radius 2 is 1.84 bits per heavy atom. The maximum Gasteiger partial charge on any atom is 0.203 e. The first-order valence-corrected chi connectivity index (χ1v) is 10.3. The maximum atomic E-state index is 13.0. The van der Waals surface area contributed by atoms with Gasteiger partial charge in [-0.1, -0.05) is 25.3 Å². The summed E-state index contributed by atoms with van der Waals surface area (Å²) in [6.45, 7) is 11.3. The van der Waals surface area contributed by atoms with Crippen LogP contribution in [0.4, 0.5) is 0 Å². The summed E-state index contributed by atoms with van der Waals surface area (Å²) in [5.41, 5.74) is 1.18. The zero-order valence-corrected chi connectivity index (χ0v) is 18.4. The van der Waals surface area contributed by atoms with Gasteiger partial charge in [-0.15, -0.1) is 0 Å². The molecule has 0 amide bonds. The highest BCUT2D eigenvalue weighted by molar-refractivity contribution is 6.00. The standard InChI is InChI=1S/C26H28O6/c1-5-13-29-19-8-9-20(24(15-19)30-14-6-2)22(28)17-31-25-18(16-27)7-10-23-21(25)11-12-26(3,4)32-23/h5-12,15,27H,1-2,13-14,16-17H2,3-4H3. The van der Waals surface area contributed by atoms with E-state index in [2.05, 4.69) is 13.2 Å². The topological polar surface area (TPSA) is 74.2 Å². The van der Waals surface area contributed by atoms with Gasteiger partial charge in [0.25, 0.3) is 0 Å². The van der Waals surface area contributed by atoms with Crippen LogP contribution in [0.2, 0.25) is 0 Å². The number of fused-ring (bicyclic) bond motifs is 1. The van der Waals surface area contributed by atoms with Crippen LogP contribution in [0.25, 0.3) is 6.08 Å². The van der Waals surface area contributed by atoms with Gasteiger partial charge in [0.1, 0.15) is 41.8 Å². The van der Waals surface area contributed by atoms with Crippen LogP contribution < -0.4 is 18.9 Å². The fraction of sp³-hybridized carbons (Fsp3) is 0.269. The highest BCUT2D eigenvalue weighted by Gasteiger charge is 2.25. The van der Waals surface area contributed by atoms with Crippen molar-refractivity contribution >= 4 is 11.9 Å². The second-order valence-electron chi connectivity index (χ2n) is 7.73. The van der Waals surface area contributed by atoms with Crippen molar-refractivity contribution in [2.24, 2.45) is 0 Å². The molecule has 1 aliphatic rings. The summed E-state index contributed by atoms with van der Waals surface area (Å²) in [6.07, 6.45) is 7.03. The number of aliphatic hydroxyl groups excluding tert-OH is 1. The van der Waals surface area contributed by atoms with Crippen LogP contribution in [0.3, 0.4) is 0 Å². The van der Waals surface area contributed by atoms with Gasteiger partial charge in [0.2, 0.25) is 5.78 Å². The molecule has 0 saturated heterocycles. The molecule has 1 heterocycles. The van der Waals surface area contributed by atoms with Crippen molar-refractivity contribution in [3.8, 4) is 23.0 Å². The molecule has 6 nitrogen and oxygen atoms in total. The van der Waals surface area contributed by atoms with Crippen molar-refractivity contribution in [2.45, 2.75) is 26.1 Å². The van der Waals surface area contributed by atoms with Crippen molar-refractivity contribution in [3.63, 3.8) is 0 Å². The van der Waals surface area contributed by atoms with Gasteiger partial charge in [0.15, 0.2) is 6.61 Å². The fourth-order valence-electron chi connectivity index (χ4n) is 3.23. The second kappa shape index (κ2) is 10.2. The third-order valence-corrected chi connectivity index (χ3v) is 4.76. The summed E-state index contributed by atoms with van der Waals surface area (Å²) in [5.74, 6) is 1.72. The number of ketones is 1. The van der Waals surface area contributed by atoms with Gasteiger partial charge in [0.05, 0.1) is 17.7 Å². The number of hydrogen-bond donors (Lipinski definition) is 1. The lowest BCUT2D eigenvalue weighted by molar-refractivity contribution is 0.0914. The Morgan fingerprint density at radius 1 is 1.09 bits per heavy atom. The number of Topliss-reactive ketones (excluding diaryl/α,β-unsaturated/α-hetero) is 1. The molecule has 2 aromatic carbocycles. The molecule has 0 spiro atoms. The van der Waals surface area contributed by atoms with Crippen LogP contribution in [0.5, 0.6) is 23.0 Å². The van der Waals surface area contributed by atoms with E-state index in [1.807, 2.05) is 26.0 Å². The molecule has 0 aromatic heterocycles. The van der Waals surface area contributed by atoms with E-state index in [0.717, 1.165) is 0 Å². The number of benzene rings is 2. The molecule has 0 fully saturated rings. The summed E-state index contributed by atoms with van der Waals surface area (Å²) in [7, 11) is 0. The molecule has 1 aliphatic heterocycles. The number of carbonyl (C=O) groups excluding carboxylic acids is 1. The van der Waals surface area contributed by atoms with Crippen molar-refractivity contribution in [3.05, 3.63) is 78.4 Å². The van der Waals surface area contributed by atoms with E-state index in [1.54, 1.807) is 42.5 Å². The number of aliphatic hydroxyl groups is 1. The van der Waals surface area contributed by atoms with Crippen LogP contribution in [0, 0.1) is 0 Å². The van der Waals surface area contributed by atoms with Crippen molar-refractivity contribution in [1.29, 1.82) is 0 Å². The first-order valence-electron chi connectivity index (χ1n) is 10.3. The summed E-state index contributed by atoms with van der Waals surface area (Å²) < 4.78 is 23.1. The number of rotatable bonds is 11. The molecule has 0 atom stereocenters. The quantitative estimate of drug-likeness (QED) is 0.405. The fourth-order valence-corrected chi connectivity index (χ4v) is 3.23. The van der Waals surface area contributed by atoms with Crippen LogP contribution >= 0.6 is 0 Å². The Hall–Kier alpha value is -3.51. The van der Waals surface area contributed by atoms with E-state index < -0.39 is 5.60 Å². The Morgan fingerprint density at radius 3 is 2.56 bits per heavy atom. The van der Waals surface area contributed by atoms with E-state index in [9.17, 15) is 9.90 Å². The van der Waals surface area contributed by atoms with Crippen molar-refractivity contribution in [2.75, 3.05) is 19.8 Å². The van der Waals surface area contributed by atoms with E-state index in [0.29, 0.717) is 46.3 Å². The lowest BCUT2D eigenvalue weighted by Gasteiger charge is -2.29. The van der Waals surface area contributed by atoms with E-state index in [1.165, 1.54) is 0 Å². The average molecular weight is 437 g/mol. The number of hydrogen-bond acceptors (Lipinski definition) is 6. The summed E-state index contributed by atoms with van der Waals surface area (Å²) in [6, 6.07) is 8.52. The molecule has 0 saturated carbocycles. The van der Waals surface area contributed by atoms with Gasteiger partial charge in [-0.3, -0.25) is 4.79 Å². The highest BCUT2D eigenvalue weighted by atomic mass is 16.5. The molecule has 0 radical (unpaired) electrons. The lowest BCUT2D eigenvalue weighted by Crippen LogP contribution is -2.27. The molecule has 168 valence electrons. The van der Waals surface area contributed by atoms with Crippen LogP contribution in [0.1, 0.15) is 35.3 Å². The Balaban J connectivity index is 1.84. The van der Waals surface area contributed by atoms with Crippen LogP contribution in [-0.4, -0.2) is 36.3 Å². The van der Waals surface area contributed by atoms with E-state index in [-0.39, 0.29) is 25.6 Å². The first-order chi connectivity index (χ1) is 15.4. The number of carbonyl (C=O) groups is 1. The normalized spacial score (nSPS) is 13.5. The Bertz CT molecular complexity index is 1030. The lowest BCUT2D eigenvalue weighted by atomic mass is 9.99. The zero-order chi connectivity index (χ0) is 23.1.